The molecule has 0 heterocycles. The van der Waals surface area contributed by atoms with Crippen LogP contribution in [0.5, 0.6) is 11.5 Å². The molecule has 0 spiro atoms. The molecule has 0 amide bonds. The van der Waals surface area contributed by atoms with Gasteiger partial charge in [-0.1, -0.05) is 24.3 Å². The summed E-state index contributed by atoms with van der Waals surface area (Å²) in [5.41, 5.74) is 1.93. The molecule has 2 aromatic rings. The molecule has 20 heavy (non-hydrogen) atoms. The first kappa shape index (κ1) is 14.6. The number of aryl methyl sites for hydroxylation is 2. The molecule has 0 saturated carbocycles. The Morgan fingerprint density at radius 1 is 0.800 bits per heavy atom. The minimum Gasteiger partial charge on any atom is -0.495 e. The van der Waals surface area contributed by atoms with Gasteiger partial charge in [0.05, 0.1) is 34.8 Å². The van der Waals surface area contributed by atoms with E-state index in [1.54, 1.807) is 14.2 Å². The molecule has 0 unspecified atom stereocenters. The van der Waals surface area contributed by atoms with Crippen LogP contribution in [-0.4, -0.2) is 18.4 Å². The minimum absolute atomic E-state index is 0.661. The lowest BCUT2D eigenvalue weighted by atomic mass is 10.2. The molecule has 3 nitrogen and oxygen atoms in total. The van der Waals surface area contributed by atoms with Crippen LogP contribution < -0.4 is 9.47 Å². The van der Waals surface area contributed by atoms with Gasteiger partial charge in [-0.05, 0) is 37.1 Å². The van der Waals surface area contributed by atoms with Gasteiger partial charge in [-0.3, -0.25) is 0 Å². The zero-order chi connectivity index (χ0) is 14.7. The highest BCUT2D eigenvalue weighted by molar-refractivity contribution is 7.85. The summed E-state index contributed by atoms with van der Waals surface area (Å²) in [6.45, 7) is 3.88. The van der Waals surface area contributed by atoms with Crippen LogP contribution in [0, 0.1) is 13.8 Å². The molecule has 0 aromatic heterocycles. The Hall–Kier alpha value is -1.81. The van der Waals surface area contributed by atoms with Crippen molar-refractivity contribution < 1.29 is 13.7 Å². The van der Waals surface area contributed by atoms with E-state index in [4.69, 9.17) is 9.47 Å². The normalized spacial score (nSPS) is 10.7. The lowest BCUT2D eigenvalue weighted by Crippen LogP contribution is -2.01. The Balaban J connectivity index is 2.58. The Labute approximate surface area is 122 Å². The summed E-state index contributed by atoms with van der Waals surface area (Å²) in [6, 6.07) is 11.3. The highest BCUT2D eigenvalue weighted by Crippen LogP contribution is 2.34. The van der Waals surface area contributed by atoms with Crippen LogP contribution >= 0.6 is 0 Å². The van der Waals surface area contributed by atoms with Crippen LogP contribution in [0.2, 0.25) is 0 Å². The van der Waals surface area contributed by atoms with Gasteiger partial charge in [0.15, 0.2) is 0 Å². The smallest absolute Gasteiger partial charge is 0.138 e. The molecule has 0 aliphatic carbocycles. The first-order valence-electron chi connectivity index (χ1n) is 6.29. The van der Waals surface area contributed by atoms with Crippen molar-refractivity contribution in [3.63, 3.8) is 0 Å². The predicted molar refractivity (Wildman–Crippen MR) is 80.1 cm³/mol. The third-order valence-corrected chi connectivity index (χ3v) is 4.60. The SMILES string of the molecule is COc1c(C)cccc1S(=O)c1cccc(C)c1OC. The summed E-state index contributed by atoms with van der Waals surface area (Å²) in [7, 11) is 1.85. The third-order valence-electron chi connectivity index (χ3n) is 3.16. The second-order valence-corrected chi connectivity index (χ2v) is 5.90. The van der Waals surface area contributed by atoms with E-state index in [2.05, 4.69) is 0 Å². The summed E-state index contributed by atoms with van der Waals surface area (Å²) in [5.74, 6) is 1.32. The molecular formula is C16H18O3S. The Kier molecular flexibility index (Phi) is 4.45. The summed E-state index contributed by atoms with van der Waals surface area (Å²) in [5, 5.41) is 0. The van der Waals surface area contributed by atoms with Crippen LogP contribution in [0.4, 0.5) is 0 Å². The van der Waals surface area contributed by atoms with Crippen molar-refractivity contribution in [2.24, 2.45) is 0 Å². The first-order chi connectivity index (χ1) is 9.60. The zero-order valence-corrected chi connectivity index (χ0v) is 12.9. The van der Waals surface area contributed by atoms with Crippen molar-refractivity contribution in [2.75, 3.05) is 14.2 Å². The first-order valence-corrected chi connectivity index (χ1v) is 7.44. The lowest BCUT2D eigenvalue weighted by Gasteiger charge is -2.14. The van der Waals surface area contributed by atoms with E-state index in [0.29, 0.717) is 21.3 Å². The van der Waals surface area contributed by atoms with Crippen molar-refractivity contribution in [3.05, 3.63) is 47.5 Å². The highest BCUT2D eigenvalue weighted by Gasteiger charge is 2.18. The highest BCUT2D eigenvalue weighted by atomic mass is 32.2. The van der Waals surface area contributed by atoms with Crippen LogP contribution in [0.25, 0.3) is 0 Å². The van der Waals surface area contributed by atoms with Crippen LogP contribution in [0.15, 0.2) is 46.2 Å². The number of rotatable bonds is 4. The number of ether oxygens (including phenoxy) is 2. The number of methoxy groups -OCH3 is 2. The van der Waals surface area contributed by atoms with Crippen LogP contribution in [-0.2, 0) is 10.8 Å². The molecule has 2 rings (SSSR count). The summed E-state index contributed by atoms with van der Waals surface area (Å²) < 4.78 is 23.6. The Morgan fingerprint density at radius 2 is 1.20 bits per heavy atom. The summed E-state index contributed by atoms with van der Waals surface area (Å²) in [4.78, 5) is 1.33. The van der Waals surface area contributed by atoms with Gasteiger partial charge < -0.3 is 9.47 Å². The monoisotopic (exact) mass is 290 g/mol. The van der Waals surface area contributed by atoms with Crippen molar-refractivity contribution >= 4 is 10.8 Å². The van der Waals surface area contributed by atoms with Gasteiger partial charge in [-0.15, -0.1) is 0 Å². The number of hydrogen-bond acceptors (Lipinski definition) is 3. The number of para-hydroxylation sites is 2. The van der Waals surface area contributed by atoms with Gasteiger partial charge in [0.1, 0.15) is 11.5 Å². The van der Waals surface area contributed by atoms with Crippen LogP contribution in [0.1, 0.15) is 11.1 Å². The fourth-order valence-electron chi connectivity index (χ4n) is 2.18. The van der Waals surface area contributed by atoms with E-state index in [1.165, 1.54) is 0 Å². The molecule has 0 atom stereocenters. The minimum atomic E-state index is -1.34. The van der Waals surface area contributed by atoms with E-state index in [-0.39, 0.29) is 0 Å². The molecule has 2 aromatic carbocycles. The van der Waals surface area contributed by atoms with Gasteiger partial charge in [-0.25, -0.2) is 4.21 Å². The van der Waals surface area contributed by atoms with Crippen molar-refractivity contribution in [2.45, 2.75) is 23.6 Å². The predicted octanol–water partition coefficient (Wildman–Crippen LogP) is 3.49. The second kappa shape index (κ2) is 6.09. The van der Waals surface area contributed by atoms with E-state index in [0.717, 1.165) is 11.1 Å². The molecule has 106 valence electrons. The zero-order valence-electron chi connectivity index (χ0n) is 12.1. The lowest BCUT2D eigenvalue weighted by molar-refractivity contribution is 0.397. The Morgan fingerprint density at radius 3 is 1.55 bits per heavy atom. The van der Waals surface area contributed by atoms with E-state index < -0.39 is 10.8 Å². The maximum absolute atomic E-state index is 12.9. The third kappa shape index (κ3) is 2.56. The maximum Gasteiger partial charge on any atom is 0.138 e. The van der Waals surface area contributed by atoms with E-state index in [1.807, 2.05) is 50.2 Å². The molecule has 4 heteroatoms. The van der Waals surface area contributed by atoms with Crippen molar-refractivity contribution in [3.8, 4) is 11.5 Å². The molecule has 0 aliphatic rings. The van der Waals surface area contributed by atoms with Crippen molar-refractivity contribution in [1.82, 2.24) is 0 Å². The number of benzene rings is 2. The van der Waals surface area contributed by atoms with E-state index >= 15 is 0 Å². The topological polar surface area (TPSA) is 35.5 Å². The molecule has 0 fully saturated rings. The van der Waals surface area contributed by atoms with Gasteiger partial charge in [-0.2, -0.15) is 0 Å². The van der Waals surface area contributed by atoms with Gasteiger partial charge in [0.2, 0.25) is 0 Å². The van der Waals surface area contributed by atoms with Gasteiger partial charge in [0, 0.05) is 0 Å². The largest absolute Gasteiger partial charge is 0.495 e. The number of hydrogen-bond donors (Lipinski definition) is 0. The fourth-order valence-corrected chi connectivity index (χ4v) is 3.65. The van der Waals surface area contributed by atoms with E-state index in [9.17, 15) is 4.21 Å². The summed E-state index contributed by atoms with van der Waals surface area (Å²) >= 11 is 0. The van der Waals surface area contributed by atoms with Crippen molar-refractivity contribution in [1.29, 1.82) is 0 Å². The quantitative estimate of drug-likeness (QED) is 0.864. The van der Waals surface area contributed by atoms with Gasteiger partial charge in [0.25, 0.3) is 0 Å². The average Bonchev–Trinajstić information content (AvgIpc) is 2.46. The molecular weight excluding hydrogens is 272 g/mol. The summed E-state index contributed by atoms with van der Waals surface area (Å²) in [6.07, 6.45) is 0. The van der Waals surface area contributed by atoms with Crippen LogP contribution in [0.3, 0.4) is 0 Å². The maximum atomic E-state index is 12.9. The fraction of sp³-hybridized carbons (Fsp3) is 0.250. The average molecular weight is 290 g/mol. The second-order valence-electron chi connectivity index (χ2n) is 4.48. The molecule has 0 bridgehead atoms. The molecule has 0 N–H and O–H groups in total. The molecule has 0 aliphatic heterocycles. The standard InChI is InChI=1S/C16H18O3S/c1-11-7-5-9-13(15(11)18-3)20(17)14-10-6-8-12(2)16(14)19-4/h5-10H,1-4H3. The molecule has 0 radical (unpaired) electrons. The van der Waals surface area contributed by atoms with Gasteiger partial charge >= 0.3 is 0 Å². The molecule has 0 saturated heterocycles. The Bertz CT molecular complexity index is 595.